The van der Waals surface area contributed by atoms with Crippen LogP contribution in [0.5, 0.6) is 0 Å². The number of nitrogens with zero attached hydrogens (tertiary/aromatic N) is 1. The molecule has 0 atom stereocenters. The molecule has 2 aromatic rings. The molecule has 0 saturated heterocycles. The molecule has 0 aliphatic rings. The van der Waals surface area contributed by atoms with E-state index in [0.717, 1.165) is 16.7 Å². The predicted molar refractivity (Wildman–Crippen MR) is 106 cm³/mol. The van der Waals surface area contributed by atoms with Crippen molar-refractivity contribution in [1.29, 1.82) is 0 Å². The van der Waals surface area contributed by atoms with E-state index in [9.17, 15) is 22.8 Å². The minimum Gasteiger partial charge on any atom is -0.462 e. The standard InChI is InChI=1S/C16H13BrCl2N2O6S/c1-2-27-16(24)10-6-13(12(19)7-11(10)18)28(25,26)20-14(22)8-21-4-3-9(17)5-15(21)23/h3-7H,2,8H2,1H3,(H,20,22). The summed E-state index contributed by atoms with van der Waals surface area (Å²) in [6.07, 6.45) is 1.33. The van der Waals surface area contributed by atoms with E-state index in [4.69, 9.17) is 27.9 Å². The van der Waals surface area contributed by atoms with Gasteiger partial charge in [-0.2, -0.15) is 0 Å². The molecule has 0 aliphatic heterocycles. The molecule has 0 unspecified atom stereocenters. The third kappa shape index (κ3) is 5.34. The van der Waals surface area contributed by atoms with Crippen LogP contribution in [0.3, 0.4) is 0 Å². The summed E-state index contributed by atoms with van der Waals surface area (Å²) >= 11 is 15.0. The molecule has 0 aliphatic carbocycles. The number of pyridine rings is 1. The van der Waals surface area contributed by atoms with Crippen LogP contribution >= 0.6 is 39.1 Å². The topological polar surface area (TPSA) is 112 Å². The number of carbonyl (C=O) groups excluding carboxylic acids is 2. The number of halogens is 3. The number of esters is 1. The van der Waals surface area contributed by atoms with Crippen LogP contribution < -0.4 is 10.3 Å². The molecule has 8 nitrogen and oxygen atoms in total. The Morgan fingerprint density at radius 1 is 1.21 bits per heavy atom. The molecular weight excluding hydrogens is 499 g/mol. The number of sulfonamides is 1. The van der Waals surface area contributed by atoms with Gasteiger partial charge in [0.25, 0.3) is 21.5 Å². The van der Waals surface area contributed by atoms with Crippen LogP contribution in [0.15, 0.2) is 44.6 Å². The number of hydrogen-bond acceptors (Lipinski definition) is 6. The van der Waals surface area contributed by atoms with Crippen LogP contribution in [-0.2, 0) is 26.1 Å². The first-order valence-electron chi connectivity index (χ1n) is 7.63. The Balaban J connectivity index is 2.31. The van der Waals surface area contributed by atoms with Crippen molar-refractivity contribution in [1.82, 2.24) is 9.29 Å². The highest BCUT2D eigenvalue weighted by Gasteiger charge is 2.25. The fourth-order valence-electron chi connectivity index (χ4n) is 2.11. The van der Waals surface area contributed by atoms with Crippen molar-refractivity contribution in [2.75, 3.05) is 6.61 Å². The first kappa shape index (κ1) is 22.4. The molecule has 12 heteroatoms. The first-order valence-corrected chi connectivity index (χ1v) is 10.7. The Hall–Kier alpha value is -1.88. The minimum absolute atomic E-state index is 0.0541. The van der Waals surface area contributed by atoms with Crippen LogP contribution in [0.1, 0.15) is 17.3 Å². The molecule has 1 amide bonds. The van der Waals surface area contributed by atoms with Crippen molar-refractivity contribution in [3.8, 4) is 0 Å². The van der Waals surface area contributed by atoms with E-state index in [-0.39, 0.29) is 22.2 Å². The molecule has 0 spiro atoms. The summed E-state index contributed by atoms with van der Waals surface area (Å²) in [5.74, 6) is -1.82. The van der Waals surface area contributed by atoms with Gasteiger partial charge in [0.1, 0.15) is 11.4 Å². The molecule has 2 rings (SSSR count). The minimum atomic E-state index is -4.44. The Morgan fingerprint density at radius 2 is 1.89 bits per heavy atom. The molecule has 1 heterocycles. The van der Waals surface area contributed by atoms with E-state index in [1.165, 1.54) is 18.3 Å². The number of nitrogens with one attached hydrogen (secondary N) is 1. The zero-order valence-electron chi connectivity index (χ0n) is 14.2. The highest BCUT2D eigenvalue weighted by Crippen LogP contribution is 2.29. The van der Waals surface area contributed by atoms with E-state index in [0.29, 0.717) is 4.47 Å². The molecule has 1 aromatic heterocycles. The molecular formula is C16H13BrCl2N2O6S. The van der Waals surface area contributed by atoms with E-state index < -0.39 is 38.9 Å². The van der Waals surface area contributed by atoms with Crippen molar-refractivity contribution in [3.05, 3.63) is 60.9 Å². The predicted octanol–water partition coefficient (Wildman–Crippen LogP) is 2.60. The largest absolute Gasteiger partial charge is 0.462 e. The van der Waals surface area contributed by atoms with Crippen LogP contribution in [0, 0.1) is 0 Å². The average Bonchev–Trinajstić information content (AvgIpc) is 2.56. The zero-order chi connectivity index (χ0) is 21.1. The highest BCUT2D eigenvalue weighted by molar-refractivity contribution is 9.10. The van der Waals surface area contributed by atoms with Gasteiger partial charge in [-0.1, -0.05) is 39.1 Å². The Labute approximate surface area is 178 Å². The Kier molecular flexibility index (Phi) is 7.27. The summed E-state index contributed by atoms with van der Waals surface area (Å²) in [5.41, 5.74) is -0.721. The summed E-state index contributed by atoms with van der Waals surface area (Å²) in [4.78, 5) is 35.3. The van der Waals surface area contributed by atoms with Crippen molar-refractivity contribution in [2.45, 2.75) is 18.4 Å². The number of amides is 1. The van der Waals surface area contributed by atoms with Crippen molar-refractivity contribution in [2.24, 2.45) is 0 Å². The normalized spacial score (nSPS) is 11.1. The molecule has 0 saturated carbocycles. The molecule has 150 valence electrons. The molecule has 1 N–H and O–H groups in total. The van der Waals surface area contributed by atoms with Gasteiger partial charge in [-0.3, -0.25) is 9.59 Å². The quantitative estimate of drug-likeness (QED) is 0.596. The van der Waals surface area contributed by atoms with Gasteiger partial charge < -0.3 is 9.30 Å². The van der Waals surface area contributed by atoms with Crippen LogP contribution in [0.4, 0.5) is 0 Å². The van der Waals surface area contributed by atoms with Crippen LogP contribution in [0.2, 0.25) is 10.0 Å². The Bertz CT molecular complexity index is 1100. The lowest BCUT2D eigenvalue weighted by atomic mass is 10.2. The van der Waals surface area contributed by atoms with Gasteiger partial charge in [0.05, 0.1) is 22.2 Å². The van der Waals surface area contributed by atoms with Gasteiger partial charge >= 0.3 is 5.97 Å². The average molecular weight is 512 g/mol. The summed E-state index contributed by atoms with van der Waals surface area (Å²) < 4.78 is 33.2. The molecule has 28 heavy (non-hydrogen) atoms. The van der Waals surface area contributed by atoms with Gasteiger partial charge in [-0.15, -0.1) is 0 Å². The van der Waals surface area contributed by atoms with Gasteiger partial charge in [0, 0.05) is 16.7 Å². The number of hydrogen-bond donors (Lipinski definition) is 1. The first-order chi connectivity index (χ1) is 13.0. The van der Waals surface area contributed by atoms with Crippen molar-refractivity contribution < 1.29 is 22.7 Å². The zero-order valence-corrected chi connectivity index (χ0v) is 18.2. The lowest BCUT2D eigenvalue weighted by molar-refractivity contribution is -0.119. The summed E-state index contributed by atoms with van der Waals surface area (Å²) in [7, 11) is -4.44. The van der Waals surface area contributed by atoms with Crippen LogP contribution in [0.25, 0.3) is 0 Å². The number of rotatable bonds is 6. The Morgan fingerprint density at radius 3 is 2.50 bits per heavy atom. The maximum atomic E-state index is 12.5. The lowest BCUT2D eigenvalue weighted by Gasteiger charge is -2.12. The van der Waals surface area contributed by atoms with Crippen LogP contribution in [-0.4, -0.2) is 31.5 Å². The third-order valence-corrected chi connectivity index (χ3v) is 5.97. The second-order valence-electron chi connectivity index (χ2n) is 5.32. The fraction of sp³-hybridized carbons (Fsp3) is 0.188. The van der Waals surface area contributed by atoms with E-state index in [1.54, 1.807) is 11.6 Å². The third-order valence-electron chi connectivity index (χ3n) is 3.33. The van der Waals surface area contributed by atoms with Crippen molar-refractivity contribution in [3.63, 3.8) is 0 Å². The monoisotopic (exact) mass is 510 g/mol. The van der Waals surface area contributed by atoms with Gasteiger partial charge in [-0.25, -0.2) is 17.9 Å². The maximum absolute atomic E-state index is 12.5. The number of carbonyl (C=O) groups is 2. The molecule has 0 fully saturated rings. The smallest absolute Gasteiger partial charge is 0.339 e. The lowest BCUT2D eigenvalue weighted by Crippen LogP contribution is -2.36. The summed E-state index contributed by atoms with van der Waals surface area (Å²) in [6, 6.07) is 4.73. The number of benzene rings is 1. The SMILES string of the molecule is CCOC(=O)c1cc(S(=O)(=O)NC(=O)Cn2ccc(Br)cc2=O)c(Cl)cc1Cl. The van der Waals surface area contributed by atoms with Gasteiger partial charge in [0.15, 0.2) is 0 Å². The van der Waals surface area contributed by atoms with Crippen molar-refractivity contribution >= 4 is 61.0 Å². The van der Waals surface area contributed by atoms with E-state index in [2.05, 4.69) is 15.9 Å². The maximum Gasteiger partial charge on any atom is 0.339 e. The van der Waals surface area contributed by atoms with E-state index >= 15 is 0 Å². The highest BCUT2D eigenvalue weighted by atomic mass is 79.9. The molecule has 0 bridgehead atoms. The second kappa shape index (κ2) is 9.08. The molecule has 1 aromatic carbocycles. The number of aromatic nitrogens is 1. The van der Waals surface area contributed by atoms with Gasteiger partial charge in [-0.05, 0) is 25.1 Å². The van der Waals surface area contributed by atoms with E-state index in [1.807, 2.05) is 0 Å². The molecule has 0 radical (unpaired) electrons. The summed E-state index contributed by atoms with van der Waals surface area (Å²) in [5, 5.41) is -0.394. The number of ether oxygens (including phenoxy) is 1. The van der Waals surface area contributed by atoms with Gasteiger partial charge in [0.2, 0.25) is 0 Å². The fourth-order valence-corrected chi connectivity index (χ4v) is 4.25. The second-order valence-corrected chi connectivity index (χ2v) is 8.70. The summed E-state index contributed by atoms with van der Waals surface area (Å²) in [6.45, 7) is 1.09.